The number of alkyl halides is 6. The minimum atomic E-state index is -4.49. The van der Waals surface area contributed by atoms with Crippen molar-refractivity contribution in [3.8, 4) is 0 Å². The van der Waals surface area contributed by atoms with Crippen LogP contribution in [0.1, 0.15) is 99.4 Å². The number of halogens is 8. The largest absolute Gasteiger partial charge is 1.00 e. The number of fused-ring (bicyclic) bond motifs is 5. The summed E-state index contributed by atoms with van der Waals surface area (Å²) in [6.45, 7) is 15.9. The summed E-state index contributed by atoms with van der Waals surface area (Å²) in [5.41, 5.74) is 6.61. The standard InChI is InChI=1S/C23H21.C15H8F6.C9H13.2ClH.Zr/c1-22(2)7-5-14-10-18-16(12-20(14)22)9-17-13-21-15(11-19(17)18)6-8-23(21,3)4;16-14(17,18)12-5-1-3-10(8-12)7-11-4-2-6-13(9-11)15(19,20)21;1-9(2,3)8-6-4-5-7-8;;;/h5-13H,1-4H3;1-6,8-9H;6-7H,4H2,1-3H3;2*1H;/q-1;;-1;;;+2/p-2. The summed E-state index contributed by atoms with van der Waals surface area (Å²) in [6.07, 6.45) is 8.74. The molecule has 0 saturated heterocycles. The maximum absolute atomic E-state index is 12.7. The zero-order valence-corrected chi connectivity index (χ0v) is 36.2. The van der Waals surface area contributed by atoms with Crippen molar-refractivity contribution in [1.82, 2.24) is 0 Å². The molecule has 3 aliphatic carbocycles. The summed E-state index contributed by atoms with van der Waals surface area (Å²) >= 11 is 0.729. The van der Waals surface area contributed by atoms with Gasteiger partial charge in [0.2, 0.25) is 0 Å². The first-order valence-corrected chi connectivity index (χ1v) is 19.1. The second-order valence-corrected chi connectivity index (χ2v) is 17.5. The minimum absolute atomic E-state index is 0. The monoisotopic (exact) mass is 880 g/mol. The maximum Gasteiger partial charge on any atom is -1.00 e. The molecule has 0 radical (unpaired) electrons. The molecule has 0 fully saturated rings. The first-order valence-electron chi connectivity index (χ1n) is 17.9. The van der Waals surface area contributed by atoms with Crippen LogP contribution in [0.4, 0.5) is 26.3 Å². The van der Waals surface area contributed by atoms with Crippen LogP contribution in [0.25, 0.3) is 33.7 Å². The van der Waals surface area contributed by atoms with Gasteiger partial charge in [-0.2, -0.15) is 11.6 Å². The van der Waals surface area contributed by atoms with Gasteiger partial charge in [0.05, 0.1) is 0 Å². The Hall–Kier alpha value is -3.38. The first kappa shape index (κ1) is 45.3. The molecular weight excluding hydrogens is 841 g/mol. The first-order chi connectivity index (χ1) is 25.0. The average molecular weight is 883 g/mol. The molecule has 0 amide bonds. The molecule has 0 unspecified atom stereocenters. The second kappa shape index (κ2) is 16.5. The molecular formula is C47H42Cl2F6Zr-2. The Kier molecular flexibility index (Phi) is 13.3. The number of rotatable bonds is 2. The van der Waals surface area contributed by atoms with Crippen LogP contribution in [-0.4, -0.2) is 3.21 Å². The van der Waals surface area contributed by atoms with Crippen LogP contribution in [0, 0.1) is 11.5 Å². The Morgan fingerprint density at radius 2 is 1.09 bits per heavy atom. The quantitative estimate of drug-likeness (QED) is 0.125. The van der Waals surface area contributed by atoms with E-state index in [1.807, 2.05) is 0 Å². The molecule has 0 bridgehead atoms. The van der Waals surface area contributed by atoms with E-state index in [0.717, 1.165) is 54.9 Å². The number of hydrogen-bond acceptors (Lipinski definition) is 0. The molecule has 0 heterocycles. The van der Waals surface area contributed by atoms with Gasteiger partial charge in [0.1, 0.15) is 0 Å². The Morgan fingerprint density at radius 1 is 0.661 bits per heavy atom. The Balaban J connectivity index is 0.000000199. The van der Waals surface area contributed by atoms with Crippen LogP contribution in [0.3, 0.4) is 0 Å². The molecule has 0 nitrogen and oxygen atoms in total. The van der Waals surface area contributed by atoms with Gasteiger partial charge >= 0.3 is 137 Å². The summed E-state index contributed by atoms with van der Waals surface area (Å²) in [5.74, 6) is 0. The van der Waals surface area contributed by atoms with E-state index in [2.05, 4.69) is 121 Å². The SMILES string of the molecule is CC(C)(C)C1=CC[C-]=C1.CC1(C)C=Cc2cc3c(cc21)[cH-]c1cc2c(cc13)C=CC2(C)C.FC(F)(F)c1cccc([C](=[Zr+2])c2cccc(C(F)(F)F)c2)c1.[Cl-].[Cl-]. The van der Waals surface area contributed by atoms with Crippen molar-refractivity contribution in [2.24, 2.45) is 5.41 Å². The van der Waals surface area contributed by atoms with Crippen molar-refractivity contribution >= 4 is 36.9 Å². The van der Waals surface area contributed by atoms with Crippen LogP contribution in [0.15, 0.2) is 109 Å². The van der Waals surface area contributed by atoms with Crippen molar-refractivity contribution in [3.63, 3.8) is 0 Å². The topological polar surface area (TPSA) is 0 Å². The summed E-state index contributed by atoms with van der Waals surface area (Å²) in [5, 5.41) is 5.53. The fourth-order valence-corrected chi connectivity index (χ4v) is 7.86. The van der Waals surface area contributed by atoms with Gasteiger partial charge < -0.3 is 24.8 Å². The normalized spacial score (nSPS) is 15.9. The molecule has 0 spiro atoms. The molecule has 3 aliphatic rings. The number of hydrogen-bond donors (Lipinski definition) is 0. The van der Waals surface area contributed by atoms with Crippen molar-refractivity contribution in [2.75, 3.05) is 0 Å². The predicted molar refractivity (Wildman–Crippen MR) is 207 cm³/mol. The van der Waals surface area contributed by atoms with Crippen LogP contribution in [0.2, 0.25) is 0 Å². The van der Waals surface area contributed by atoms with E-state index in [4.69, 9.17) is 0 Å². The van der Waals surface area contributed by atoms with E-state index in [-0.39, 0.29) is 46.8 Å². The molecule has 8 rings (SSSR count). The fourth-order valence-electron chi connectivity index (χ4n) is 7.09. The Morgan fingerprint density at radius 3 is 1.43 bits per heavy atom. The van der Waals surface area contributed by atoms with Gasteiger partial charge in [-0.3, -0.25) is 6.08 Å². The van der Waals surface area contributed by atoms with E-state index >= 15 is 0 Å². The van der Waals surface area contributed by atoms with Crippen LogP contribution in [-0.2, 0) is 47.4 Å². The van der Waals surface area contributed by atoms with E-state index in [1.165, 1.54) is 73.6 Å². The van der Waals surface area contributed by atoms with E-state index in [1.54, 1.807) is 0 Å². The zero-order chi connectivity index (χ0) is 39.4. The van der Waals surface area contributed by atoms with Crippen molar-refractivity contribution in [3.05, 3.63) is 159 Å². The van der Waals surface area contributed by atoms with Gasteiger partial charge in [-0.05, 0) is 11.1 Å². The third-order valence-corrected chi connectivity index (χ3v) is 11.7. The van der Waals surface area contributed by atoms with Gasteiger partial charge in [-0.15, -0.1) is 46.2 Å². The smallest absolute Gasteiger partial charge is 1.00 e. The van der Waals surface area contributed by atoms with Gasteiger partial charge in [0.15, 0.2) is 0 Å². The van der Waals surface area contributed by atoms with Gasteiger partial charge in [0.25, 0.3) is 0 Å². The summed E-state index contributed by atoms with van der Waals surface area (Å²) in [6, 6.07) is 21.1. The third kappa shape index (κ3) is 9.66. The van der Waals surface area contributed by atoms with Gasteiger partial charge in [0, 0.05) is 10.8 Å². The van der Waals surface area contributed by atoms with Crippen molar-refractivity contribution in [2.45, 2.75) is 78.1 Å². The molecule has 5 aromatic carbocycles. The Bertz CT molecular complexity index is 2250. The van der Waals surface area contributed by atoms with E-state index < -0.39 is 23.5 Å². The minimum Gasteiger partial charge on any atom is -1.00 e. The van der Waals surface area contributed by atoms with E-state index in [9.17, 15) is 26.3 Å². The zero-order valence-electron chi connectivity index (χ0n) is 32.2. The van der Waals surface area contributed by atoms with Gasteiger partial charge in [-0.1, -0.05) is 101 Å². The molecule has 0 aliphatic heterocycles. The van der Waals surface area contributed by atoms with Gasteiger partial charge in [-0.25, -0.2) is 6.08 Å². The van der Waals surface area contributed by atoms with Crippen molar-refractivity contribution in [1.29, 1.82) is 0 Å². The Labute approximate surface area is 353 Å². The summed E-state index contributed by atoms with van der Waals surface area (Å²) in [4.78, 5) is 0. The maximum atomic E-state index is 12.7. The molecule has 292 valence electrons. The van der Waals surface area contributed by atoms with Crippen LogP contribution >= 0.6 is 0 Å². The molecule has 56 heavy (non-hydrogen) atoms. The molecule has 0 saturated carbocycles. The average Bonchev–Trinajstić information content (AvgIpc) is 3.88. The molecule has 0 aromatic heterocycles. The number of benzene rings is 4. The fraction of sp³-hybridized carbons (Fsp3) is 0.277. The van der Waals surface area contributed by atoms with Crippen molar-refractivity contribution < 1.29 is 75.4 Å². The predicted octanol–water partition coefficient (Wildman–Crippen LogP) is 7.89. The van der Waals surface area contributed by atoms with Crippen LogP contribution in [0.5, 0.6) is 0 Å². The molecule has 5 aromatic rings. The number of allylic oxidation sites excluding steroid dienone is 6. The molecule has 9 heteroatoms. The molecule has 0 N–H and O–H groups in total. The second-order valence-electron chi connectivity index (χ2n) is 16.3. The molecule has 0 atom stereocenters. The summed E-state index contributed by atoms with van der Waals surface area (Å²) < 4.78 is 76.7. The van der Waals surface area contributed by atoms with Crippen LogP contribution < -0.4 is 24.8 Å². The summed E-state index contributed by atoms with van der Waals surface area (Å²) in [7, 11) is 0. The van der Waals surface area contributed by atoms with E-state index in [0.29, 0.717) is 8.62 Å². The third-order valence-electron chi connectivity index (χ3n) is 10.3.